The van der Waals surface area contributed by atoms with Crippen molar-refractivity contribution in [3.8, 4) is 0 Å². The Morgan fingerprint density at radius 3 is 2.83 bits per heavy atom. The Labute approximate surface area is 111 Å². The van der Waals surface area contributed by atoms with Crippen molar-refractivity contribution in [2.75, 3.05) is 12.3 Å². The summed E-state index contributed by atoms with van der Waals surface area (Å²) < 4.78 is 27.2. The van der Waals surface area contributed by atoms with Crippen LogP contribution in [0.2, 0.25) is 0 Å². The highest BCUT2D eigenvalue weighted by molar-refractivity contribution is 8.00. The molecule has 1 nitrogen and oxygen atoms in total. The Balaban J connectivity index is 1.99. The minimum absolute atomic E-state index is 0.152. The SMILES string of the molecule is Cc1cc(F)c(C(C)NCC2CCCS2)cc1F. The van der Waals surface area contributed by atoms with E-state index < -0.39 is 0 Å². The molecule has 1 aliphatic heterocycles. The first-order valence-electron chi connectivity index (χ1n) is 6.38. The number of rotatable bonds is 4. The average Bonchev–Trinajstić information content (AvgIpc) is 2.84. The van der Waals surface area contributed by atoms with Gasteiger partial charge in [0, 0.05) is 23.4 Å². The van der Waals surface area contributed by atoms with Crippen LogP contribution in [0.15, 0.2) is 12.1 Å². The summed E-state index contributed by atoms with van der Waals surface area (Å²) in [6.07, 6.45) is 2.48. The summed E-state index contributed by atoms with van der Waals surface area (Å²) in [6.45, 7) is 4.32. The second kappa shape index (κ2) is 6.02. The minimum atomic E-state index is -0.338. The van der Waals surface area contributed by atoms with Gasteiger partial charge >= 0.3 is 0 Å². The minimum Gasteiger partial charge on any atom is -0.309 e. The van der Waals surface area contributed by atoms with E-state index in [2.05, 4.69) is 5.32 Å². The van der Waals surface area contributed by atoms with Crippen LogP contribution in [-0.2, 0) is 0 Å². The van der Waals surface area contributed by atoms with Crippen molar-refractivity contribution in [1.29, 1.82) is 0 Å². The van der Waals surface area contributed by atoms with E-state index in [1.807, 2.05) is 18.7 Å². The molecule has 100 valence electrons. The zero-order valence-electron chi connectivity index (χ0n) is 10.8. The molecule has 1 fully saturated rings. The summed E-state index contributed by atoms with van der Waals surface area (Å²) in [5.41, 5.74) is 0.774. The normalized spacial score (nSPS) is 21.2. The number of hydrogen-bond donors (Lipinski definition) is 1. The summed E-state index contributed by atoms with van der Waals surface area (Å²) in [5.74, 6) is 0.553. The van der Waals surface area contributed by atoms with E-state index in [9.17, 15) is 8.78 Å². The molecule has 2 unspecified atom stereocenters. The van der Waals surface area contributed by atoms with Crippen LogP contribution in [0.25, 0.3) is 0 Å². The summed E-state index contributed by atoms with van der Waals surface area (Å²) in [5, 5.41) is 3.92. The molecule has 0 saturated carbocycles. The molecular weight excluding hydrogens is 252 g/mol. The second-order valence-corrected chi connectivity index (χ2v) is 6.30. The number of aryl methyl sites for hydroxylation is 1. The third kappa shape index (κ3) is 3.23. The molecule has 0 bridgehead atoms. The Bertz CT molecular complexity index is 417. The highest BCUT2D eigenvalue weighted by atomic mass is 32.2. The predicted molar refractivity (Wildman–Crippen MR) is 73.0 cm³/mol. The number of hydrogen-bond acceptors (Lipinski definition) is 2. The van der Waals surface area contributed by atoms with Crippen LogP contribution in [0, 0.1) is 18.6 Å². The topological polar surface area (TPSA) is 12.0 Å². The predicted octanol–water partition coefficient (Wildman–Crippen LogP) is 3.82. The van der Waals surface area contributed by atoms with E-state index in [0.29, 0.717) is 16.4 Å². The Kier molecular flexibility index (Phi) is 4.62. The molecule has 1 saturated heterocycles. The fourth-order valence-corrected chi connectivity index (χ4v) is 3.43. The molecule has 0 aromatic heterocycles. The standard InChI is InChI=1S/C14H19F2NS/c1-9-6-14(16)12(7-13(9)15)10(2)17-8-11-4-3-5-18-11/h6-7,10-11,17H,3-5,8H2,1-2H3. The maximum Gasteiger partial charge on any atom is 0.128 e. The van der Waals surface area contributed by atoms with Gasteiger partial charge in [0.25, 0.3) is 0 Å². The smallest absolute Gasteiger partial charge is 0.128 e. The molecule has 1 aromatic rings. The van der Waals surface area contributed by atoms with Crippen molar-refractivity contribution < 1.29 is 8.78 Å². The van der Waals surface area contributed by atoms with Gasteiger partial charge in [-0.1, -0.05) is 0 Å². The molecule has 2 rings (SSSR count). The fraction of sp³-hybridized carbons (Fsp3) is 0.571. The molecule has 4 heteroatoms. The molecule has 1 N–H and O–H groups in total. The molecule has 0 amide bonds. The molecule has 1 aliphatic rings. The lowest BCUT2D eigenvalue weighted by Gasteiger charge is -2.18. The summed E-state index contributed by atoms with van der Waals surface area (Å²) in [7, 11) is 0. The fourth-order valence-electron chi connectivity index (χ4n) is 2.22. The van der Waals surface area contributed by atoms with Crippen molar-refractivity contribution in [2.45, 2.75) is 38.0 Å². The number of nitrogens with one attached hydrogen (secondary N) is 1. The zero-order valence-corrected chi connectivity index (χ0v) is 11.6. The first-order chi connectivity index (χ1) is 8.58. The van der Waals surface area contributed by atoms with Gasteiger partial charge in [0.15, 0.2) is 0 Å². The Morgan fingerprint density at radius 2 is 2.17 bits per heavy atom. The van der Waals surface area contributed by atoms with E-state index in [1.54, 1.807) is 6.92 Å². The van der Waals surface area contributed by atoms with Gasteiger partial charge in [0.1, 0.15) is 11.6 Å². The van der Waals surface area contributed by atoms with Crippen molar-refractivity contribution in [3.05, 3.63) is 34.9 Å². The highest BCUT2D eigenvalue weighted by Crippen LogP contribution is 2.26. The number of halogens is 2. The molecule has 1 aromatic carbocycles. The van der Waals surface area contributed by atoms with Crippen LogP contribution in [-0.4, -0.2) is 17.5 Å². The molecule has 0 spiro atoms. The van der Waals surface area contributed by atoms with Crippen LogP contribution < -0.4 is 5.32 Å². The average molecular weight is 271 g/mol. The number of benzene rings is 1. The van der Waals surface area contributed by atoms with Gasteiger partial charge in [-0.15, -0.1) is 0 Å². The third-order valence-electron chi connectivity index (χ3n) is 3.42. The van der Waals surface area contributed by atoms with Crippen molar-refractivity contribution >= 4 is 11.8 Å². The molecule has 2 atom stereocenters. The second-order valence-electron chi connectivity index (χ2n) is 4.89. The van der Waals surface area contributed by atoms with E-state index in [4.69, 9.17) is 0 Å². The van der Waals surface area contributed by atoms with Crippen LogP contribution in [0.1, 0.15) is 36.9 Å². The Morgan fingerprint density at radius 1 is 1.39 bits per heavy atom. The van der Waals surface area contributed by atoms with Crippen LogP contribution in [0.4, 0.5) is 8.78 Å². The summed E-state index contributed by atoms with van der Waals surface area (Å²) >= 11 is 1.96. The van der Waals surface area contributed by atoms with E-state index in [-0.39, 0.29) is 17.7 Å². The van der Waals surface area contributed by atoms with Crippen LogP contribution >= 0.6 is 11.8 Å². The first-order valence-corrected chi connectivity index (χ1v) is 7.43. The molecular formula is C14H19F2NS. The van der Waals surface area contributed by atoms with Gasteiger partial charge in [-0.3, -0.25) is 0 Å². The highest BCUT2D eigenvalue weighted by Gasteiger charge is 2.18. The maximum absolute atomic E-state index is 13.8. The van der Waals surface area contributed by atoms with Crippen LogP contribution in [0.5, 0.6) is 0 Å². The lowest BCUT2D eigenvalue weighted by atomic mass is 10.0. The van der Waals surface area contributed by atoms with Gasteiger partial charge in [-0.25, -0.2) is 8.78 Å². The first kappa shape index (κ1) is 13.8. The summed E-state index contributed by atoms with van der Waals surface area (Å²) in [4.78, 5) is 0. The Hall–Kier alpha value is -0.610. The van der Waals surface area contributed by atoms with Gasteiger partial charge < -0.3 is 5.32 Å². The van der Waals surface area contributed by atoms with Gasteiger partial charge in [-0.05, 0) is 50.1 Å². The van der Waals surface area contributed by atoms with Crippen molar-refractivity contribution in [2.24, 2.45) is 0 Å². The van der Waals surface area contributed by atoms with Gasteiger partial charge in [-0.2, -0.15) is 11.8 Å². The third-order valence-corrected chi connectivity index (χ3v) is 4.82. The lowest BCUT2D eigenvalue weighted by Crippen LogP contribution is -2.26. The zero-order chi connectivity index (χ0) is 13.1. The largest absolute Gasteiger partial charge is 0.309 e. The molecule has 18 heavy (non-hydrogen) atoms. The monoisotopic (exact) mass is 271 g/mol. The quantitative estimate of drug-likeness (QED) is 0.893. The van der Waals surface area contributed by atoms with Gasteiger partial charge in [0.2, 0.25) is 0 Å². The van der Waals surface area contributed by atoms with E-state index in [0.717, 1.165) is 6.54 Å². The summed E-state index contributed by atoms with van der Waals surface area (Å²) in [6, 6.07) is 2.43. The number of thioether (sulfide) groups is 1. The van der Waals surface area contributed by atoms with E-state index in [1.165, 1.54) is 30.7 Å². The van der Waals surface area contributed by atoms with E-state index >= 15 is 0 Å². The molecule has 1 heterocycles. The molecule has 0 radical (unpaired) electrons. The molecule has 0 aliphatic carbocycles. The maximum atomic E-state index is 13.8. The van der Waals surface area contributed by atoms with Crippen molar-refractivity contribution in [3.63, 3.8) is 0 Å². The van der Waals surface area contributed by atoms with Crippen LogP contribution in [0.3, 0.4) is 0 Å². The van der Waals surface area contributed by atoms with Gasteiger partial charge in [0.05, 0.1) is 0 Å². The lowest BCUT2D eigenvalue weighted by molar-refractivity contribution is 0.512. The van der Waals surface area contributed by atoms with Crippen molar-refractivity contribution in [1.82, 2.24) is 5.32 Å².